The molecule has 4 rings (SSSR count). The second-order valence-corrected chi connectivity index (χ2v) is 6.49. The van der Waals surface area contributed by atoms with Gasteiger partial charge >= 0.3 is 0 Å². The second kappa shape index (κ2) is 7.10. The van der Waals surface area contributed by atoms with Crippen molar-refractivity contribution >= 4 is 16.9 Å². The lowest BCUT2D eigenvalue weighted by atomic mass is 10.1. The van der Waals surface area contributed by atoms with Gasteiger partial charge in [0.15, 0.2) is 5.65 Å². The fourth-order valence-electron chi connectivity index (χ4n) is 3.14. The molecular weight excluding hydrogens is 358 g/mol. The number of rotatable bonds is 5. The zero-order valence-electron chi connectivity index (χ0n) is 15.5. The molecule has 3 heterocycles. The Bertz CT molecular complexity index is 1190. The second-order valence-electron chi connectivity index (χ2n) is 6.49. The summed E-state index contributed by atoms with van der Waals surface area (Å²) in [7, 11) is 3.58. The van der Waals surface area contributed by atoms with E-state index in [9.17, 15) is 9.59 Å². The van der Waals surface area contributed by atoms with Gasteiger partial charge in [-0.15, -0.1) is 0 Å². The van der Waals surface area contributed by atoms with Crippen LogP contribution in [0.4, 0.5) is 0 Å². The number of carbonyl (C=O) groups excluding carboxylic acids is 1. The third kappa shape index (κ3) is 3.18. The largest absolute Gasteiger partial charge is 0.341 e. The fraction of sp³-hybridized carbons (Fsp3) is 0.211. The van der Waals surface area contributed by atoms with E-state index >= 15 is 0 Å². The summed E-state index contributed by atoms with van der Waals surface area (Å²) >= 11 is 0. The summed E-state index contributed by atoms with van der Waals surface area (Å²) in [5.74, 6) is 0.386. The molecule has 1 atom stereocenters. The molecule has 0 saturated heterocycles. The Kier molecular flexibility index (Phi) is 4.48. The maximum atomic E-state index is 12.7. The minimum absolute atomic E-state index is 0.148. The predicted molar refractivity (Wildman–Crippen MR) is 102 cm³/mol. The third-order valence-corrected chi connectivity index (χ3v) is 4.59. The Morgan fingerprint density at radius 2 is 1.96 bits per heavy atom. The summed E-state index contributed by atoms with van der Waals surface area (Å²) in [6.45, 7) is -0.148. The molecule has 0 aliphatic heterocycles. The highest BCUT2D eigenvalue weighted by atomic mass is 16.2. The molecule has 1 aromatic carbocycles. The number of hydrogen-bond acceptors (Lipinski definition) is 5. The van der Waals surface area contributed by atoms with Crippen LogP contribution in [0.2, 0.25) is 0 Å². The van der Waals surface area contributed by atoms with Crippen LogP contribution in [-0.4, -0.2) is 34.8 Å². The van der Waals surface area contributed by atoms with Crippen LogP contribution in [-0.2, 0) is 25.4 Å². The van der Waals surface area contributed by atoms with Gasteiger partial charge in [0.2, 0.25) is 5.91 Å². The van der Waals surface area contributed by atoms with Crippen LogP contribution in [0.3, 0.4) is 0 Å². The molecule has 4 aromatic rings. The Morgan fingerprint density at radius 3 is 2.68 bits per heavy atom. The lowest BCUT2D eigenvalue weighted by molar-refractivity contribution is -0.122. The fourth-order valence-corrected chi connectivity index (χ4v) is 3.14. The molecule has 142 valence electrons. The van der Waals surface area contributed by atoms with Gasteiger partial charge in [-0.2, -0.15) is 5.10 Å². The van der Waals surface area contributed by atoms with Gasteiger partial charge in [0.25, 0.3) is 5.56 Å². The summed E-state index contributed by atoms with van der Waals surface area (Å²) in [6.07, 6.45) is 6.33. The van der Waals surface area contributed by atoms with E-state index in [1.54, 1.807) is 13.2 Å². The van der Waals surface area contributed by atoms with Crippen LogP contribution in [0, 0.1) is 0 Å². The number of imidazole rings is 1. The van der Waals surface area contributed by atoms with E-state index in [4.69, 9.17) is 0 Å². The Balaban J connectivity index is 1.61. The van der Waals surface area contributed by atoms with Crippen molar-refractivity contribution in [3.05, 3.63) is 77.0 Å². The van der Waals surface area contributed by atoms with Gasteiger partial charge < -0.3 is 9.88 Å². The SMILES string of the molecule is Cn1ccnc1[C@H](NC(=O)Cn1cnc2c(cnn2C)c1=O)c1ccccc1. The predicted octanol–water partition coefficient (Wildman–Crippen LogP) is 0.769. The van der Waals surface area contributed by atoms with Gasteiger partial charge in [0.05, 0.1) is 6.20 Å². The molecule has 3 aromatic heterocycles. The average molecular weight is 377 g/mol. The average Bonchev–Trinajstić information content (AvgIpc) is 3.29. The van der Waals surface area contributed by atoms with Crippen molar-refractivity contribution in [2.24, 2.45) is 14.1 Å². The quantitative estimate of drug-likeness (QED) is 0.554. The molecule has 0 saturated carbocycles. The molecule has 9 heteroatoms. The Labute approximate surface area is 160 Å². The van der Waals surface area contributed by atoms with Gasteiger partial charge in [0, 0.05) is 26.5 Å². The molecule has 0 aliphatic carbocycles. The van der Waals surface area contributed by atoms with Gasteiger partial charge in [-0.25, -0.2) is 9.97 Å². The van der Waals surface area contributed by atoms with E-state index < -0.39 is 6.04 Å². The maximum Gasteiger partial charge on any atom is 0.264 e. The Morgan fingerprint density at radius 1 is 1.18 bits per heavy atom. The maximum absolute atomic E-state index is 12.7. The van der Waals surface area contributed by atoms with Crippen molar-refractivity contribution in [1.29, 1.82) is 0 Å². The number of nitrogens with one attached hydrogen (secondary N) is 1. The van der Waals surface area contributed by atoms with Crippen LogP contribution in [0.5, 0.6) is 0 Å². The molecule has 0 spiro atoms. The van der Waals surface area contributed by atoms with E-state index in [0.29, 0.717) is 16.9 Å². The summed E-state index contributed by atoms with van der Waals surface area (Å²) in [5, 5.41) is 7.39. The van der Waals surface area contributed by atoms with Gasteiger partial charge in [-0.05, 0) is 5.56 Å². The van der Waals surface area contributed by atoms with Crippen LogP contribution in [0.1, 0.15) is 17.4 Å². The molecule has 0 fully saturated rings. The molecular formula is C19H19N7O2. The van der Waals surface area contributed by atoms with Crippen LogP contribution < -0.4 is 10.9 Å². The van der Waals surface area contributed by atoms with E-state index in [0.717, 1.165) is 5.56 Å². The number of aryl methyl sites for hydroxylation is 2. The number of amides is 1. The normalized spacial score (nSPS) is 12.2. The number of carbonyl (C=O) groups is 1. The lowest BCUT2D eigenvalue weighted by Gasteiger charge is -2.19. The lowest BCUT2D eigenvalue weighted by Crippen LogP contribution is -2.36. The van der Waals surface area contributed by atoms with E-state index in [-0.39, 0.29) is 18.0 Å². The number of benzene rings is 1. The van der Waals surface area contributed by atoms with Gasteiger partial charge in [-0.3, -0.25) is 18.8 Å². The molecule has 28 heavy (non-hydrogen) atoms. The van der Waals surface area contributed by atoms with E-state index in [2.05, 4.69) is 20.4 Å². The standard InChI is InChI=1S/C19H19N7O2/c1-24-9-8-20-18(24)16(13-6-4-3-5-7-13)23-15(27)11-26-12-21-17-14(19(26)28)10-22-25(17)2/h3-10,12,16H,11H2,1-2H3,(H,23,27)/t16-/m1/s1. The van der Waals surface area contributed by atoms with Crippen LogP contribution in [0.25, 0.3) is 11.0 Å². The van der Waals surface area contributed by atoms with Crippen molar-refractivity contribution in [3.63, 3.8) is 0 Å². The van der Waals surface area contributed by atoms with Crippen molar-refractivity contribution in [3.8, 4) is 0 Å². The monoisotopic (exact) mass is 377 g/mol. The first-order chi connectivity index (χ1) is 13.5. The summed E-state index contributed by atoms with van der Waals surface area (Å²) in [5.41, 5.74) is 1.08. The zero-order chi connectivity index (χ0) is 19.7. The summed E-state index contributed by atoms with van der Waals surface area (Å²) in [6, 6.07) is 9.14. The minimum Gasteiger partial charge on any atom is -0.341 e. The molecule has 0 bridgehead atoms. The zero-order valence-corrected chi connectivity index (χ0v) is 15.5. The first-order valence-corrected chi connectivity index (χ1v) is 8.73. The Hall–Kier alpha value is -3.75. The topological polar surface area (TPSA) is 99.6 Å². The highest BCUT2D eigenvalue weighted by Gasteiger charge is 2.21. The summed E-state index contributed by atoms with van der Waals surface area (Å²) < 4.78 is 4.65. The van der Waals surface area contributed by atoms with Crippen LogP contribution >= 0.6 is 0 Å². The highest BCUT2D eigenvalue weighted by Crippen LogP contribution is 2.20. The third-order valence-electron chi connectivity index (χ3n) is 4.59. The minimum atomic E-state index is -0.431. The van der Waals surface area contributed by atoms with Gasteiger partial charge in [0.1, 0.15) is 30.1 Å². The molecule has 0 radical (unpaired) electrons. The van der Waals surface area contributed by atoms with E-state index in [1.165, 1.54) is 21.8 Å². The number of nitrogens with zero attached hydrogens (tertiary/aromatic N) is 6. The molecule has 1 amide bonds. The van der Waals surface area contributed by atoms with Gasteiger partial charge in [-0.1, -0.05) is 30.3 Å². The molecule has 0 aliphatic rings. The first kappa shape index (κ1) is 17.7. The van der Waals surface area contributed by atoms with Crippen molar-refractivity contribution in [2.75, 3.05) is 0 Å². The first-order valence-electron chi connectivity index (χ1n) is 8.73. The molecule has 9 nitrogen and oxygen atoms in total. The van der Waals surface area contributed by atoms with Crippen molar-refractivity contribution < 1.29 is 4.79 Å². The summed E-state index contributed by atoms with van der Waals surface area (Å²) in [4.78, 5) is 33.9. The smallest absolute Gasteiger partial charge is 0.264 e. The van der Waals surface area contributed by atoms with Crippen molar-refractivity contribution in [1.82, 2.24) is 34.2 Å². The van der Waals surface area contributed by atoms with Crippen LogP contribution in [0.15, 0.2) is 60.0 Å². The number of fused-ring (bicyclic) bond motifs is 1. The highest BCUT2D eigenvalue weighted by molar-refractivity contribution is 5.78. The van der Waals surface area contributed by atoms with Crippen molar-refractivity contribution in [2.45, 2.75) is 12.6 Å². The molecule has 0 unspecified atom stereocenters. The van der Waals surface area contributed by atoms with E-state index in [1.807, 2.05) is 48.1 Å². The number of hydrogen-bond donors (Lipinski definition) is 1. The molecule has 1 N–H and O–H groups in total. The number of aromatic nitrogens is 6.